The third-order valence-corrected chi connectivity index (χ3v) is 2.90. The minimum atomic E-state index is -0.110. The Balaban J connectivity index is 2.89. The number of benzene rings is 1. The zero-order chi connectivity index (χ0) is 8.72. The first-order chi connectivity index (χ1) is 5.68. The summed E-state index contributed by atoms with van der Waals surface area (Å²) < 4.78 is 1.23. The molecule has 2 rings (SSSR count). The molecule has 0 amide bonds. The number of rotatable bonds is 0. The lowest BCUT2D eigenvalue weighted by Gasteiger charge is -1.96. The predicted octanol–water partition coefficient (Wildman–Crippen LogP) is 2.97. The molecule has 0 saturated carbocycles. The highest BCUT2D eigenvalue weighted by molar-refractivity contribution is 7.23. The number of phenolic OH excluding ortho intramolecular Hbond substituents is 2. The Hall–Kier alpha value is -0.930. The average Bonchev–Trinajstić information content (AvgIpc) is 2.39. The van der Waals surface area contributed by atoms with Crippen LogP contribution in [0.25, 0.3) is 10.1 Å². The molecule has 0 unspecified atom stereocenters. The van der Waals surface area contributed by atoms with Crippen molar-refractivity contribution in [2.75, 3.05) is 0 Å². The number of hydrogen-bond donors (Lipinski definition) is 2. The molecule has 12 heavy (non-hydrogen) atoms. The van der Waals surface area contributed by atoms with Gasteiger partial charge in [-0.15, -0.1) is 11.3 Å². The lowest BCUT2D eigenvalue weighted by molar-refractivity contribution is 0.409. The van der Waals surface area contributed by atoms with Crippen LogP contribution in [0.5, 0.6) is 11.5 Å². The molecule has 1 aromatic heterocycles. The Morgan fingerprint density at radius 2 is 2.00 bits per heavy atom. The molecule has 2 aromatic rings. The summed E-state index contributed by atoms with van der Waals surface area (Å²) in [6.45, 7) is 0. The van der Waals surface area contributed by atoms with E-state index in [1.807, 2.05) is 0 Å². The highest BCUT2D eigenvalue weighted by atomic mass is 35.5. The van der Waals surface area contributed by atoms with E-state index in [0.29, 0.717) is 9.04 Å². The van der Waals surface area contributed by atoms with Crippen LogP contribution in [0.15, 0.2) is 18.2 Å². The van der Waals surface area contributed by atoms with Gasteiger partial charge in [0.2, 0.25) is 0 Å². The molecule has 2 nitrogen and oxygen atoms in total. The van der Waals surface area contributed by atoms with E-state index >= 15 is 0 Å². The fourth-order valence-corrected chi connectivity index (χ4v) is 2.22. The molecule has 2 N–H and O–H groups in total. The molecule has 0 aliphatic carbocycles. The van der Waals surface area contributed by atoms with Crippen molar-refractivity contribution in [3.8, 4) is 11.5 Å². The average molecular weight is 201 g/mol. The molecule has 0 aliphatic rings. The lowest BCUT2D eigenvalue weighted by atomic mass is 10.2. The van der Waals surface area contributed by atoms with Gasteiger partial charge in [-0.3, -0.25) is 0 Å². The van der Waals surface area contributed by atoms with Crippen molar-refractivity contribution >= 4 is 33.0 Å². The van der Waals surface area contributed by atoms with Crippen LogP contribution >= 0.6 is 22.9 Å². The summed E-state index contributed by atoms with van der Waals surface area (Å²) in [6, 6.07) is 4.91. The van der Waals surface area contributed by atoms with E-state index in [9.17, 15) is 5.11 Å². The maximum Gasteiger partial charge on any atom is 0.175 e. The lowest BCUT2D eigenvalue weighted by Crippen LogP contribution is -1.67. The third-order valence-electron chi connectivity index (χ3n) is 1.61. The van der Waals surface area contributed by atoms with Gasteiger partial charge < -0.3 is 10.2 Å². The topological polar surface area (TPSA) is 40.5 Å². The third kappa shape index (κ3) is 1.02. The van der Waals surface area contributed by atoms with Gasteiger partial charge in [0.15, 0.2) is 11.5 Å². The van der Waals surface area contributed by atoms with Gasteiger partial charge in [0.25, 0.3) is 0 Å². The van der Waals surface area contributed by atoms with E-state index in [4.69, 9.17) is 16.7 Å². The second kappa shape index (κ2) is 2.54. The maximum absolute atomic E-state index is 9.37. The van der Waals surface area contributed by atoms with Crippen molar-refractivity contribution < 1.29 is 10.2 Å². The molecule has 0 bridgehead atoms. The first-order valence-electron chi connectivity index (χ1n) is 3.28. The summed E-state index contributed by atoms with van der Waals surface area (Å²) >= 11 is 6.98. The predicted molar refractivity (Wildman–Crippen MR) is 50.2 cm³/mol. The molecule has 0 spiro atoms. The van der Waals surface area contributed by atoms with Crippen LogP contribution in [-0.2, 0) is 0 Å². The van der Waals surface area contributed by atoms with Gasteiger partial charge in [-0.1, -0.05) is 11.6 Å². The van der Waals surface area contributed by atoms with E-state index < -0.39 is 0 Å². The molecule has 0 saturated heterocycles. The van der Waals surface area contributed by atoms with Gasteiger partial charge in [0, 0.05) is 0 Å². The molecule has 62 valence electrons. The number of aromatic hydroxyl groups is 2. The fraction of sp³-hybridized carbons (Fsp3) is 0. The van der Waals surface area contributed by atoms with Crippen molar-refractivity contribution in [3.05, 3.63) is 22.5 Å². The highest BCUT2D eigenvalue weighted by Crippen LogP contribution is 2.40. The van der Waals surface area contributed by atoms with E-state index in [-0.39, 0.29) is 11.5 Å². The summed E-state index contributed by atoms with van der Waals surface area (Å²) in [7, 11) is 0. The SMILES string of the molecule is Oc1ccc2cc(Cl)sc2c1O. The monoisotopic (exact) mass is 200 g/mol. The minimum absolute atomic E-state index is 0.0931. The van der Waals surface area contributed by atoms with Gasteiger partial charge in [0.1, 0.15) is 0 Å². The van der Waals surface area contributed by atoms with Crippen molar-refractivity contribution in [2.24, 2.45) is 0 Å². The molecular formula is C8H5ClO2S. The molecule has 1 aromatic carbocycles. The first-order valence-corrected chi connectivity index (χ1v) is 4.48. The van der Waals surface area contributed by atoms with Gasteiger partial charge >= 0.3 is 0 Å². The quantitative estimate of drug-likeness (QED) is 0.642. The minimum Gasteiger partial charge on any atom is -0.504 e. The second-order valence-electron chi connectivity index (χ2n) is 2.40. The second-order valence-corrected chi connectivity index (χ2v) is 4.09. The van der Waals surface area contributed by atoms with Gasteiger partial charge in [-0.25, -0.2) is 0 Å². The van der Waals surface area contributed by atoms with Crippen molar-refractivity contribution in [1.82, 2.24) is 0 Å². The van der Waals surface area contributed by atoms with Gasteiger partial charge in [-0.05, 0) is 23.6 Å². The number of thiophene rings is 1. The fourth-order valence-electron chi connectivity index (χ4n) is 1.05. The Bertz CT molecular complexity index is 436. The molecular weight excluding hydrogens is 196 g/mol. The summed E-state index contributed by atoms with van der Waals surface area (Å²) in [5.41, 5.74) is 0. The summed E-state index contributed by atoms with van der Waals surface area (Å²) in [5, 5.41) is 19.4. The van der Waals surface area contributed by atoms with Crippen LogP contribution in [0.2, 0.25) is 4.34 Å². The first kappa shape index (κ1) is 7.71. The summed E-state index contributed by atoms with van der Waals surface area (Å²) in [6.07, 6.45) is 0. The van der Waals surface area contributed by atoms with Crippen molar-refractivity contribution in [1.29, 1.82) is 0 Å². The van der Waals surface area contributed by atoms with Gasteiger partial charge in [0.05, 0.1) is 9.04 Å². The Labute approximate surface area is 77.6 Å². The Kier molecular flexibility index (Phi) is 1.63. The Morgan fingerprint density at radius 3 is 2.75 bits per heavy atom. The number of hydrogen-bond acceptors (Lipinski definition) is 3. The van der Waals surface area contributed by atoms with Crippen LogP contribution in [0.1, 0.15) is 0 Å². The zero-order valence-corrected chi connectivity index (χ0v) is 7.49. The smallest absolute Gasteiger partial charge is 0.175 e. The van der Waals surface area contributed by atoms with Crippen LogP contribution in [0.4, 0.5) is 0 Å². The van der Waals surface area contributed by atoms with Crippen LogP contribution < -0.4 is 0 Å². The normalized spacial score (nSPS) is 10.8. The summed E-state index contributed by atoms with van der Waals surface area (Å²) in [4.78, 5) is 0. The van der Waals surface area contributed by atoms with Crippen molar-refractivity contribution in [3.63, 3.8) is 0 Å². The van der Waals surface area contributed by atoms with Gasteiger partial charge in [-0.2, -0.15) is 0 Å². The molecule has 4 heteroatoms. The van der Waals surface area contributed by atoms with Crippen molar-refractivity contribution in [2.45, 2.75) is 0 Å². The maximum atomic E-state index is 9.37. The van der Waals surface area contributed by atoms with Crippen LogP contribution in [0, 0.1) is 0 Å². The zero-order valence-electron chi connectivity index (χ0n) is 5.91. The number of fused-ring (bicyclic) bond motifs is 1. The van der Waals surface area contributed by atoms with Crippen LogP contribution in [0.3, 0.4) is 0 Å². The Morgan fingerprint density at radius 1 is 1.25 bits per heavy atom. The van der Waals surface area contributed by atoms with E-state index in [1.165, 1.54) is 17.4 Å². The molecule has 0 radical (unpaired) electrons. The molecule has 0 aliphatic heterocycles. The number of halogens is 1. The van der Waals surface area contributed by atoms with E-state index in [1.54, 1.807) is 12.1 Å². The van der Waals surface area contributed by atoms with Crippen LogP contribution in [-0.4, -0.2) is 10.2 Å². The largest absolute Gasteiger partial charge is 0.504 e. The molecule has 1 heterocycles. The highest BCUT2D eigenvalue weighted by Gasteiger charge is 2.07. The number of phenols is 2. The molecule has 0 fully saturated rings. The summed E-state index contributed by atoms with van der Waals surface area (Å²) in [5.74, 6) is -0.203. The van der Waals surface area contributed by atoms with E-state index in [0.717, 1.165) is 5.39 Å². The van der Waals surface area contributed by atoms with E-state index in [2.05, 4.69) is 0 Å². The molecule has 0 atom stereocenters. The standard InChI is InChI=1S/C8H5ClO2S/c9-6-3-4-1-2-5(10)7(11)8(4)12-6/h1-3,10-11H.